The number of carbonyl (C=O) groups is 1. The Morgan fingerprint density at radius 2 is 2.18 bits per heavy atom. The van der Waals surface area contributed by atoms with Crippen LogP contribution < -0.4 is 15.8 Å². The summed E-state index contributed by atoms with van der Waals surface area (Å²) >= 11 is 0. The summed E-state index contributed by atoms with van der Waals surface area (Å²) in [7, 11) is 0. The standard InChI is InChI=1S/C17H25F2N5O3.HI/c1-2-26-17(25)24-8-5-13(6-9-24)23-16(20)22-10-12-4-3-7-21-15(12)27-11-14(18)19;/h3-4,7,13-14H,2,5-6,8-11H2,1H3,(H3,20,22,23);1H. The molecule has 0 saturated carbocycles. The van der Waals surface area contributed by atoms with Gasteiger partial charge in [0.15, 0.2) is 12.6 Å². The van der Waals surface area contributed by atoms with Crippen LogP contribution in [0, 0.1) is 0 Å². The lowest BCUT2D eigenvalue weighted by Gasteiger charge is -2.31. The smallest absolute Gasteiger partial charge is 0.409 e. The van der Waals surface area contributed by atoms with Crippen molar-refractivity contribution >= 4 is 36.0 Å². The van der Waals surface area contributed by atoms with Crippen LogP contribution in [0.25, 0.3) is 0 Å². The Labute approximate surface area is 179 Å². The highest BCUT2D eigenvalue weighted by Gasteiger charge is 2.23. The van der Waals surface area contributed by atoms with Gasteiger partial charge in [-0.2, -0.15) is 0 Å². The van der Waals surface area contributed by atoms with Crippen molar-refractivity contribution < 1.29 is 23.0 Å². The Bertz CT molecular complexity index is 643. The lowest BCUT2D eigenvalue weighted by molar-refractivity contribution is 0.0790. The third-order valence-corrected chi connectivity index (χ3v) is 3.99. The molecule has 0 bridgehead atoms. The summed E-state index contributed by atoms with van der Waals surface area (Å²) in [5, 5.41) is 3.12. The number of likely N-dealkylation sites (tertiary alicyclic amines) is 1. The summed E-state index contributed by atoms with van der Waals surface area (Å²) in [6, 6.07) is 3.47. The molecule has 1 aliphatic rings. The molecule has 0 aliphatic carbocycles. The highest BCUT2D eigenvalue weighted by Crippen LogP contribution is 2.16. The second kappa shape index (κ2) is 12.5. The van der Waals surface area contributed by atoms with E-state index in [0.717, 1.165) is 12.8 Å². The lowest BCUT2D eigenvalue weighted by atomic mass is 10.1. The molecule has 158 valence electrons. The van der Waals surface area contributed by atoms with Crippen molar-refractivity contribution in [2.45, 2.75) is 38.8 Å². The predicted octanol–water partition coefficient (Wildman–Crippen LogP) is 2.37. The summed E-state index contributed by atoms with van der Waals surface area (Å²) in [5.41, 5.74) is 6.49. The van der Waals surface area contributed by atoms with Gasteiger partial charge in [0.05, 0.1) is 13.2 Å². The van der Waals surface area contributed by atoms with E-state index in [1.807, 2.05) is 0 Å². The summed E-state index contributed by atoms with van der Waals surface area (Å²) in [6.45, 7) is 2.73. The van der Waals surface area contributed by atoms with Crippen molar-refractivity contribution in [3.8, 4) is 5.88 Å². The van der Waals surface area contributed by atoms with Crippen LogP contribution in [0.5, 0.6) is 5.88 Å². The molecule has 0 unspecified atom stereocenters. The van der Waals surface area contributed by atoms with Crippen LogP contribution in [0.1, 0.15) is 25.3 Å². The Morgan fingerprint density at radius 1 is 1.46 bits per heavy atom. The first-order valence-corrected chi connectivity index (χ1v) is 8.82. The van der Waals surface area contributed by atoms with Gasteiger partial charge in [0.1, 0.15) is 0 Å². The molecule has 8 nitrogen and oxygen atoms in total. The average molecular weight is 513 g/mol. The fourth-order valence-corrected chi connectivity index (χ4v) is 2.66. The van der Waals surface area contributed by atoms with E-state index in [2.05, 4.69) is 15.3 Å². The Hall–Kier alpha value is -1.92. The molecule has 1 fully saturated rings. The van der Waals surface area contributed by atoms with Crippen LogP contribution in [-0.4, -0.2) is 60.7 Å². The first-order chi connectivity index (χ1) is 13.0. The largest absolute Gasteiger partial charge is 0.471 e. The molecule has 0 spiro atoms. The summed E-state index contributed by atoms with van der Waals surface area (Å²) < 4.78 is 34.6. The zero-order valence-corrected chi connectivity index (χ0v) is 18.0. The Morgan fingerprint density at radius 3 is 2.82 bits per heavy atom. The lowest BCUT2D eigenvalue weighted by Crippen LogP contribution is -2.48. The molecule has 0 aromatic carbocycles. The molecule has 3 N–H and O–H groups in total. The number of ether oxygens (including phenoxy) is 2. The predicted molar refractivity (Wildman–Crippen MR) is 111 cm³/mol. The molecule has 1 aliphatic heterocycles. The van der Waals surface area contributed by atoms with Gasteiger partial charge in [-0.3, -0.25) is 0 Å². The van der Waals surface area contributed by atoms with E-state index in [4.69, 9.17) is 15.2 Å². The SMILES string of the molecule is CCOC(=O)N1CCC(NC(N)=NCc2cccnc2OCC(F)F)CC1.I. The normalized spacial score (nSPS) is 15.1. The van der Waals surface area contributed by atoms with Gasteiger partial charge in [-0.05, 0) is 25.8 Å². The van der Waals surface area contributed by atoms with E-state index in [9.17, 15) is 13.6 Å². The second-order valence-electron chi connectivity index (χ2n) is 5.98. The molecular weight excluding hydrogens is 487 g/mol. The van der Waals surface area contributed by atoms with Crippen molar-refractivity contribution in [1.29, 1.82) is 0 Å². The topological polar surface area (TPSA) is 102 Å². The van der Waals surface area contributed by atoms with Crippen LogP contribution in [0.4, 0.5) is 13.6 Å². The maximum atomic E-state index is 12.3. The number of pyridine rings is 1. The number of nitrogens with zero attached hydrogens (tertiary/aromatic N) is 3. The number of rotatable bonds is 7. The van der Waals surface area contributed by atoms with Crippen LogP contribution in [0.15, 0.2) is 23.3 Å². The molecule has 1 aromatic rings. The van der Waals surface area contributed by atoms with E-state index in [1.165, 1.54) is 6.20 Å². The van der Waals surface area contributed by atoms with E-state index in [-0.39, 0.29) is 54.5 Å². The van der Waals surface area contributed by atoms with E-state index in [0.29, 0.717) is 25.3 Å². The number of nitrogens with one attached hydrogen (secondary N) is 1. The number of piperidine rings is 1. The number of guanidine groups is 1. The van der Waals surface area contributed by atoms with Crippen LogP contribution >= 0.6 is 24.0 Å². The van der Waals surface area contributed by atoms with Crippen molar-refractivity contribution in [2.24, 2.45) is 10.7 Å². The molecular formula is C17H26F2IN5O3. The number of amides is 1. The number of hydrogen-bond acceptors (Lipinski definition) is 5. The molecule has 1 saturated heterocycles. The summed E-state index contributed by atoms with van der Waals surface area (Å²) in [5.74, 6) is 0.366. The highest BCUT2D eigenvalue weighted by molar-refractivity contribution is 14.0. The zero-order chi connectivity index (χ0) is 19.6. The molecule has 28 heavy (non-hydrogen) atoms. The number of carbonyl (C=O) groups excluding carboxylic acids is 1. The number of halogens is 3. The first-order valence-electron chi connectivity index (χ1n) is 8.82. The first kappa shape index (κ1) is 24.1. The van der Waals surface area contributed by atoms with Crippen molar-refractivity contribution in [3.63, 3.8) is 0 Å². The number of hydrogen-bond donors (Lipinski definition) is 2. The quantitative estimate of drug-likeness (QED) is 0.330. The number of alkyl halides is 2. The van der Waals surface area contributed by atoms with Crippen molar-refractivity contribution in [3.05, 3.63) is 23.9 Å². The molecule has 1 amide bonds. The van der Waals surface area contributed by atoms with Gasteiger partial charge in [-0.15, -0.1) is 24.0 Å². The Kier molecular flexibility index (Phi) is 10.8. The van der Waals surface area contributed by atoms with Crippen LogP contribution in [0.2, 0.25) is 0 Å². The minimum atomic E-state index is -2.57. The summed E-state index contributed by atoms with van der Waals surface area (Å²) in [4.78, 5) is 21.5. The maximum Gasteiger partial charge on any atom is 0.409 e. The van der Waals surface area contributed by atoms with E-state index in [1.54, 1.807) is 24.0 Å². The molecule has 0 radical (unpaired) electrons. The van der Waals surface area contributed by atoms with Crippen LogP contribution in [-0.2, 0) is 11.3 Å². The number of nitrogens with two attached hydrogens (primary N) is 1. The number of aliphatic imine (C=N–C) groups is 1. The maximum absolute atomic E-state index is 12.3. The molecule has 1 aromatic heterocycles. The van der Waals surface area contributed by atoms with Gasteiger partial charge in [0, 0.05) is 30.9 Å². The average Bonchev–Trinajstić information content (AvgIpc) is 2.66. The fourth-order valence-electron chi connectivity index (χ4n) is 2.66. The molecule has 2 heterocycles. The molecule has 2 rings (SSSR count). The van der Waals surface area contributed by atoms with E-state index >= 15 is 0 Å². The molecule has 11 heteroatoms. The minimum Gasteiger partial charge on any atom is -0.471 e. The summed E-state index contributed by atoms with van der Waals surface area (Å²) in [6.07, 6.45) is 0.0449. The second-order valence-corrected chi connectivity index (χ2v) is 5.98. The van der Waals surface area contributed by atoms with Gasteiger partial charge in [0.25, 0.3) is 6.43 Å². The third-order valence-electron chi connectivity index (χ3n) is 3.99. The van der Waals surface area contributed by atoms with E-state index < -0.39 is 13.0 Å². The van der Waals surface area contributed by atoms with Gasteiger partial charge >= 0.3 is 6.09 Å². The van der Waals surface area contributed by atoms with Crippen molar-refractivity contribution in [2.75, 3.05) is 26.3 Å². The van der Waals surface area contributed by atoms with Gasteiger partial charge in [-0.25, -0.2) is 23.6 Å². The zero-order valence-electron chi connectivity index (χ0n) is 15.6. The van der Waals surface area contributed by atoms with Gasteiger partial charge < -0.3 is 25.4 Å². The fraction of sp³-hybridized carbons (Fsp3) is 0.588. The number of aromatic nitrogens is 1. The van der Waals surface area contributed by atoms with Gasteiger partial charge in [0.2, 0.25) is 5.88 Å². The molecule has 0 atom stereocenters. The minimum absolute atomic E-state index is 0. The third kappa shape index (κ3) is 7.98. The van der Waals surface area contributed by atoms with Crippen LogP contribution in [0.3, 0.4) is 0 Å². The van der Waals surface area contributed by atoms with Gasteiger partial charge in [-0.1, -0.05) is 6.07 Å². The highest BCUT2D eigenvalue weighted by atomic mass is 127. The van der Waals surface area contributed by atoms with Crippen molar-refractivity contribution in [1.82, 2.24) is 15.2 Å². The monoisotopic (exact) mass is 513 g/mol. The Balaban J connectivity index is 0.00000392.